The van der Waals surface area contributed by atoms with Crippen LogP contribution in [0.5, 0.6) is 0 Å². The van der Waals surface area contributed by atoms with Gasteiger partial charge in [0.15, 0.2) is 0 Å². The molecule has 0 radical (unpaired) electrons. The van der Waals surface area contributed by atoms with Crippen molar-refractivity contribution < 1.29 is 0 Å². The molecule has 1 aliphatic carbocycles. The lowest BCUT2D eigenvalue weighted by Gasteiger charge is -2.23. The maximum Gasteiger partial charge on any atom is 0.00682 e. The molecule has 2 nitrogen and oxygen atoms in total. The molecule has 0 amide bonds. The molecule has 0 bridgehead atoms. The molecule has 76 valence electrons. The van der Waals surface area contributed by atoms with Crippen molar-refractivity contribution in [1.29, 1.82) is 0 Å². The zero-order valence-electron chi connectivity index (χ0n) is 8.52. The summed E-state index contributed by atoms with van der Waals surface area (Å²) in [6, 6.07) is 1.72. The zero-order chi connectivity index (χ0) is 8.93. The van der Waals surface area contributed by atoms with Gasteiger partial charge in [0.25, 0.3) is 0 Å². The van der Waals surface area contributed by atoms with Crippen molar-refractivity contribution in [2.75, 3.05) is 13.1 Å². The smallest absolute Gasteiger partial charge is 0.00682 e. The van der Waals surface area contributed by atoms with E-state index in [1.807, 2.05) is 0 Å². The highest BCUT2D eigenvalue weighted by Gasteiger charge is 2.19. The van der Waals surface area contributed by atoms with Crippen LogP contribution in [0.15, 0.2) is 0 Å². The van der Waals surface area contributed by atoms with Gasteiger partial charge in [-0.25, -0.2) is 0 Å². The number of hydrogen-bond donors (Lipinski definition) is 2. The van der Waals surface area contributed by atoms with E-state index in [9.17, 15) is 0 Å². The normalized spacial score (nSPS) is 29.1. The molecule has 2 heteroatoms. The quantitative estimate of drug-likeness (QED) is 0.632. The van der Waals surface area contributed by atoms with E-state index >= 15 is 0 Å². The molecule has 13 heavy (non-hydrogen) atoms. The SMILES string of the molecule is C1CC[C@H](CCCNC2CC2)NC1. The molecule has 2 aliphatic rings. The third-order valence-corrected chi connectivity index (χ3v) is 3.15. The molecule has 2 N–H and O–H groups in total. The Bertz CT molecular complexity index is 137. The Morgan fingerprint density at radius 2 is 2.08 bits per heavy atom. The highest BCUT2D eigenvalue weighted by Crippen LogP contribution is 2.18. The molecule has 2 rings (SSSR count). The molecule has 0 aromatic carbocycles. The van der Waals surface area contributed by atoms with Crippen molar-refractivity contribution in [1.82, 2.24) is 10.6 Å². The van der Waals surface area contributed by atoms with Crippen LogP contribution < -0.4 is 10.6 Å². The van der Waals surface area contributed by atoms with Gasteiger partial charge in [0.1, 0.15) is 0 Å². The first-order valence-corrected chi connectivity index (χ1v) is 5.92. The first kappa shape index (κ1) is 9.47. The average Bonchev–Trinajstić information content (AvgIpc) is 2.98. The maximum absolute atomic E-state index is 3.60. The second-order valence-corrected chi connectivity index (χ2v) is 4.52. The van der Waals surface area contributed by atoms with Crippen LogP contribution >= 0.6 is 0 Å². The fraction of sp³-hybridized carbons (Fsp3) is 1.00. The van der Waals surface area contributed by atoms with Gasteiger partial charge < -0.3 is 10.6 Å². The lowest BCUT2D eigenvalue weighted by molar-refractivity contribution is 0.373. The van der Waals surface area contributed by atoms with Gasteiger partial charge in [-0.2, -0.15) is 0 Å². The lowest BCUT2D eigenvalue weighted by Crippen LogP contribution is -2.34. The fourth-order valence-electron chi connectivity index (χ4n) is 2.11. The van der Waals surface area contributed by atoms with Gasteiger partial charge in [-0.1, -0.05) is 6.42 Å². The Hall–Kier alpha value is -0.0800. The van der Waals surface area contributed by atoms with Gasteiger partial charge >= 0.3 is 0 Å². The molecule has 0 spiro atoms. The summed E-state index contributed by atoms with van der Waals surface area (Å²) in [6.07, 6.45) is 9.80. The van der Waals surface area contributed by atoms with Crippen LogP contribution in [-0.2, 0) is 0 Å². The number of nitrogens with one attached hydrogen (secondary N) is 2. The first-order valence-electron chi connectivity index (χ1n) is 5.92. The minimum Gasteiger partial charge on any atom is -0.314 e. The van der Waals surface area contributed by atoms with Gasteiger partial charge in [0.05, 0.1) is 0 Å². The van der Waals surface area contributed by atoms with Crippen molar-refractivity contribution in [3.8, 4) is 0 Å². The van der Waals surface area contributed by atoms with Crippen LogP contribution in [0.4, 0.5) is 0 Å². The second kappa shape index (κ2) is 4.97. The van der Waals surface area contributed by atoms with Crippen LogP contribution in [0, 0.1) is 0 Å². The minimum atomic E-state index is 0.828. The largest absolute Gasteiger partial charge is 0.314 e. The van der Waals surface area contributed by atoms with Crippen molar-refractivity contribution >= 4 is 0 Å². The molecular formula is C11H22N2. The van der Waals surface area contributed by atoms with Crippen LogP contribution in [0.1, 0.15) is 44.9 Å². The molecular weight excluding hydrogens is 160 g/mol. The number of rotatable bonds is 5. The first-order chi connectivity index (χ1) is 6.45. The predicted molar refractivity (Wildman–Crippen MR) is 55.9 cm³/mol. The van der Waals surface area contributed by atoms with Gasteiger partial charge in [-0.3, -0.25) is 0 Å². The predicted octanol–water partition coefficient (Wildman–Crippen LogP) is 1.66. The Balaban J connectivity index is 1.46. The lowest BCUT2D eigenvalue weighted by atomic mass is 10.0. The molecule has 0 aromatic rings. The van der Waals surface area contributed by atoms with Crippen molar-refractivity contribution in [3.05, 3.63) is 0 Å². The van der Waals surface area contributed by atoms with Gasteiger partial charge in [0.2, 0.25) is 0 Å². The van der Waals surface area contributed by atoms with Crippen LogP contribution in [0.25, 0.3) is 0 Å². The molecule has 2 fully saturated rings. The summed E-state index contributed by atoms with van der Waals surface area (Å²) >= 11 is 0. The Kier molecular flexibility index (Phi) is 3.62. The minimum absolute atomic E-state index is 0.828. The van der Waals surface area contributed by atoms with E-state index in [0.717, 1.165) is 12.1 Å². The van der Waals surface area contributed by atoms with E-state index in [4.69, 9.17) is 0 Å². The summed E-state index contributed by atoms with van der Waals surface area (Å²) < 4.78 is 0. The maximum atomic E-state index is 3.60. The summed E-state index contributed by atoms with van der Waals surface area (Å²) in [5.41, 5.74) is 0. The topological polar surface area (TPSA) is 24.1 Å². The van der Waals surface area contributed by atoms with Gasteiger partial charge in [-0.15, -0.1) is 0 Å². The standard InChI is InChI=1S/C11H22N2/c1-2-8-12-10(4-1)5-3-9-13-11-6-7-11/h10-13H,1-9H2/t10-/m1/s1. The summed E-state index contributed by atoms with van der Waals surface area (Å²) in [5, 5.41) is 7.16. The van der Waals surface area contributed by atoms with Gasteiger partial charge in [-0.05, 0) is 51.6 Å². The molecule has 0 aromatic heterocycles. The third-order valence-electron chi connectivity index (χ3n) is 3.15. The Morgan fingerprint density at radius 1 is 1.15 bits per heavy atom. The zero-order valence-corrected chi connectivity index (χ0v) is 8.52. The molecule has 0 unspecified atom stereocenters. The Morgan fingerprint density at radius 3 is 2.77 bits per heavy atom. The summed E-state index contributed by atoms with van der Waals surface area (Å²) in [7, 11) is 0. The molecule has 1 atom stereocenters. The molecule has 1 saturated heterocycles. The highest BCUT2D eigenvalue weighted by molar-refractivity contribution is 4.81. The molecule has 1 heterocycles. The van der Waals surface area contributed by atoms with Crippen LogP contribution in [-0.4, -0.2) is 25.2 Å². The Labute approximate surface area is 81.5 Å². The van der Waals surface area contributed by atoms with E-state index in [1.165, 1.54) is 58.0 Å². The molecule has 1 saturated carbocycles. The van der Waals surface area contributed by atoms with E-state index in [0.29, 0.717) is 0 Å². The van der Waals surface area contributed by atoms with Crippen molar-refractivity contribution in [2.24, 2.45) is 0 Å². The average molecular weight is 182 g/mol. The monoisotopic (exact) mass is 182 g/mol. The van der Waals surface area contributed by atoms with Crippen molar-refractivity contribution in [2.45, 2.75) is 57.0 Å². The summed E-state index contributed by atoms with van der Waals surface area (Å²) in [5.74, 6) is 0. The summed E-state index contributed by atoms with van der Waals surface area (Å²) in [4.78, 5) is 0. The number of hydrogen-bond acceptors (Lipinski definition) is 2. The molecule has 1 aliphatic heterocycles. The van der Waals surface area contributed by atoms with Gasteiger partial charge in [0, 0.05) is 12.1 Å². The fourth-order valence-corrected chi connectivity index (χ4v) is 2.11. The second-order valence-electron chi connectivity index (χ2n) is 4.52. The van der Waals surface area contributed by atoms with E-state index in [2.05, 4.69) is 10.6 Å². The van der Waals surface area contributed by atoms with E-state index < -0.39 is 0 Å². The van der Waals surface area contributed by atoms with Crippen LogP contribution in [0.3, 0.4) is 0 Å². The van der Waals surface area contributed by atoms with E-state index in [1.54, 1.807) is 0 Å². The third kappa shape index (κ3) is 3.65. The van der Waals surface area contributed by atoms with Crippen molar-refractivity contribution in [3.63, 3.8) is 0 Å². The summed E-state index contributed by atoms with van der Waals surface area (Å²) in [6.45, 7) is 2.49. The van der Waals surface area contributed by atoms with Crippen LogP contribution in [0.2, 0.25) is 0 Å². The highest BCUT2D eigenvalue weighted by atomic mass is 14.9. The number of piperidine rings is 1. The van der Waals surface area contributed by atoms with E-state index in [-0.39, 0.29) is 0 Å².